The van der Waals surface area contributed by atoms with Crippen molar-refractivity contribution >= 4 is 23.5 Å². The third-order valence-corrected chi connectivity index (χ3v) is 6.12. The fraction of sp³-hybridized carbons (Fsp3) is 0.385. The molecule has 4 heterocycles. The summed E-state index contributed by atoms with van der Waals surface area (Å²) in [5.41, 5.74) is 1.94. The molecule has 1 fully saturated rings. The summed E-state index contributed by atoms with van der Waals surface area (Å²) >= 11 is 0. The van der Waals surface area contributed by atoms with E-state index in [1.165, 1.54) is 11.0 Å². The fourth-order valence-corrected chi connectivity index (χ4v) is 4.05. The van der Waals surface area contributed by atoms with E-state index in [0.717, 1.165) is 0 Å². The van der Waals surface area contributed by atoms with Gasteiger partial charge in [-0.15, -0.1) is 5.10 Å². The van der Waals surface area contributed by atoms with E-state index in [9.17, 15) is 9.59 Å². The van der Waals surface area contributed by atoms with E-state index in [1.807, 2.05) is 0 Å². The standard InChI is InChI=1S/C26H27FN6O5/c1-26(2,3)24(34)36-15-18-11-23(30-38-18)22-7-4-16(12-28-22)20-6-5-17(10-21(20)27)33-14-19(37-25(33)35)13-32-9-8-29-31-32/h4-10,12,18-19H,11,13-15H2,1-3H3/t18?,19-/m0/s1. The Morgan fingerprint density at radius 1 is 1.21 bits per heavy atom. The number of benzene rings is 1. The molecule has 0 spiro atoms. The largest absolute Gasteiger partial charge is 0.461 e. The monoisotopic (exact) mass is 522 g/mol. The van der Waals surface area contributed by atoms with Crippen molar-refractivity contribution in [1.82, 2.24) is 20.0 Å². The summed E-state index contributed by atoms with van der Waals surface area (Å²) in [5.74, 6) is -0.801. The quantitative estimate of drug-likeness (QED) is 0.432. The summed E-state index contributed by atoms with van der Waals surface area (Å²) < 4.78 is 27.4. The number of ether oxygens (including phenoxy) is 2. The molecule has 12 heteroatoms. The van der Waals surface area contributed by atoms with Crippen molar-refractivity contribution in [2.24, 2.45) is 10.6 Å². The third-order valence-electron chi connectivity index (χ3n) is 6.12. The van der Waals surface area contributed by atoms with Crippen LogP contribution in [-0.2, 0) is 25.7 Å². The lowest BCUT2D eigenvalue weighted by atomic mass is 9.97. The molecule has 0 radical (unpaired) electrons. The van der Waals surface area contributed by atoms with E-state index >= 15 is 4.39 Å². The Hall–Kier alpha value is -4.35. The molecular weight excluding hydrogens is 495 g/mol. The number of pyridine rings is 1. The minimum absolute atomic E-state index is 0.102. The first kappa shape index (κ1) is 25.3. The summed E-state index contributed by atoms with van der Waals surface area (Å²) in [6.45, 7) is 6.09. The summed E-state index contributed by atoms with van der Waals surface area (Å²) in [4.78, 5) is 35.5. The first-order valence-electron chi connectivity index (χ1n) is 12.2. The number of halogens is 1. The summed E-state index contributed by atoms with van der Waals surface area (Å²) in [7, 11) is 0. The zero-order chi connectivity index (χ0) is 26.9. The minimum Gasteiger partial charge on any atom is -0.461 e. The highest BCUT2D eigenvalue weighted by atomic mass is 19.1. The maximum absolute atomic E-state index is 15.1. The number of rotatable bonds is 7. The van der Waals surface area contributed by atoms with Crippen molar-refractivity contribution in [1.29, 1.82) is 0 Å². The topological polar surface area (TPSA) is 121 Å². The number of hydrogen-bond donors (Lipinski definition) is 0. The Labute approximate surface area is 218 Å². The molecule has 1 saturated heterocycles. The Kier molecular flexibility index (Phi) is 6.79. The van der Waals surface area contributed by atoms with Crippen molar-refractivity contribution in [3.05, 3.63) is 60.4 Å². The third kappa shape index (κ3) is 5.48. The van der Waals surface area contributed by atoms with Gasteiger partial charge < -0.3 is 14.3 Å². The molecule has 0 aliphatic carbocycles. The number of esters is 1. The molecule has 198 valence electrons. The van der Waals surface area contributed by atoms with Gasteiger partial charge in [-0.05, 0) is 45.0 Å². The molecule has 0 bridgehead atoms. The van der Waals surface area contributed by atoms with Crippen LogP contribution in [0, 0.1) is 11.2 Å². The van der Waals surface area contributed by atoms with Crippen LogP contribution in [0.15, 0.2) is 54.1 Å². The number of cyclic esters (lactones) is 1. The van der Waals surface area contributed by atoms with Gasteiger partial charge in [-0.25, -0.2) is 13.9 Å². The number of nitrogens with zero attached hydrogens (tertiary/aromatic N) is 6. The van der Waals surface area contributed by atoms with E-state index in [1.54, 1.807) is 68.3 Å². The SMILES string of the molecule is CC(C)(C)C(=O)OCC1CC(c2ccc(-c3ccc(N4C[C@H](Cn5ccnn5)OC4=O)cc3F)cn2)=NO1. The Balaban J connectivity index is 1.20. The fourth-order valence-electron chi connectivity index (χ4n) is 4.05. The van der Waals surface area contributed by atoms with Gasteiger partial charge >= 0.3 is 12.1 Å². The zero-order valence-corrected chi connectivity index (χ0v) is 21.2. The van der Waals surface area contributed by atoms with E-state index in [2.05, 4.69) is 20.5 Å². The maximum Gasteiger partial charge on any atom is 0.414 e. The van der Waals surface area contributed by atoms with Crippen molar-refractivity contribution in [3.8, 4) is 11.1 Å². The number of carbonyl (C=O) groups is 2. The average Bonchev–Trinajstić information content (AvgIpc) is 3.64. The molecule has 5 rings (SSSR count). The van der Waals surface area contributed by atoms with Crippen LogP contribution < -0.4 is 4.90 Å². The predicted octanol–water partition coefficient (Wildman–Crippen LogP) is 3.59. The van der Waals surface area contributed by atoms with Crippen LogP contribution in [0.5, 0.6) is 0 Å². The smallest absolute Gasteiger partial charge is 0.414 e. The lowest BCUT2D eigenvalue weighted by Crippen LogP contribution is -2.27. The van der Waals surface area contributed by atoms with Gasteiger partial charge in [0.1, 0.15) is 24.2 Å². The molecule has 3 aromatic rings. The highest BCUT2D eigenvalue weighted by Gasteiger charge is 2.33. The number of oxime groups is 1. The van der Waals surface area contributed by atoms with Gasteiger partial charge in [-0.1, -0.05) is 16.4 Å². The molecule has 1 unspecified atom stereocenters. The van der Waals surface area contributed by atoms with Gasteiger partial charge in [0, 0.05) is 29.9 Å². The Morgan fingerprint density at radius 2 is 2.05 bits per heavy atom. The normalized spacial score (nSPS) is 19.2. The molecule has 2 aliphatic heterocycles. The summed E-state index contributed by atoms with van der Waals surface area (Å²) in [5, 5.41) is 11.7. The van der Waals surface area contributed by atoms with Crippen molar-refractivity contribution < 1.29 is 28.3 Å². The first-order chi connectivity index (χ1) is 18.2. The first-order valence-corrected chi connectivity index (χ1v) is 12.2. The number of hydrogen-bond acceptors (Lipinski definition) is 9. The second-order valence-electron chi connectivity index (χ2n) is 10.2. The number of aromatic nitrogens is 4. The molecule has 2 aliphatic rings. The van der Waals surface area contributed by atoms with Crippen molar-refractivity contribution in [3.63, 3.8) is 0 Å². The van der Waals surface area contributed by atoms with E-state index in [-0.39, 0.29) is 25.2 Å². The highest BCUT2D eigenvalue weighted by Crippen LogP contribution is 2.29. The minimum atomic E-state index is -0.591. The molecule has 11 nitrogen and oxygen atoms in total. The van der Waals surface area contributed by atoms with Crippen LogP contribution in [0.2, 0.25) is 0 Å². The number of amides is 1. The van der Waals surface area contributed by atoms with E-state index in [4.69, 9.17) is 14.3 Å². The molecule has 2 aromatic heterocycles. The van der Waals surface area contributed by atoms with Crippen LogP contribution in [0.4, 0.5) is 14.9 Å². The molecule has 2 atom stereocenters. The lowest BCUT2D eigenvalue weighted by Gasteiger charge is -2.17. The predicted molar refractivity (Wildman–Crippen MR) is 134 cm³/mol. The Morgan fingerprint density at radius 3 is 2.74 bits per heavy atom. The second-order valence-corrected chi connectivity index (χ2v) is 10.2. The average molecular weight is 523 g/mol. The maximum atomic E-state index is 15.1. The van der Waals surface area contributed by atoms with Gasteiger partial charge in [-0.3, -0.25) is 14.7 Å². The van der Waals surface area contributed by atoms with Crippen LogP contribution in [-0.4, -0.2) is 63.1 Å². The lowest BCUT2D eigenvalue weighted by molar-refractivity contribution is -0.156. The van der Waals surface area contributed by atoms with Gasteiger partial charge in [0.15, 0.2) is 6.10 Å². The van der Waals surface area contributed by atoms with Crippen molar-refractivity contribution in [2.75, 3.05) is 18.1 Å². The van der Waals surface area contributed by atoms with Gasteiger partial charge in [0.2, 0.25) is 0 Å². The van der Waals surface area contributed by atoms with Crippen molar-refractivity contribution in [2.45, 2.75) is 45.9 Å². The summed E-state index contributed by atoms with van der Waals surface area (Å²) in [6, 6.07) is 8.06. The van der Waals surface area contributed by atoms with Crippen LogP contribution in [0.25, 0.3) is 11.1 Å². The zero-order valence-electron chi connectivity index (χ0n) is 21.2. The highest BCUT2D eigenvalue weighted by molar-refractivity contribution is 5.99. The van der Waals surface area contributed by atoms with Gasteiger partial charge in [0.25, 0.3) is 0 Å². The molecular formula is C26H27FN6O5. The molecule has 0 N–H and O–H groups in total. The summed E-state index contributed by atoms with van der Waals surface area (Å²) in [6.07, 6.45) is 3.88. The molecule has 1 aromatic carbocycles. The van der Waals surface area contributed by atoms with Crippen LogP contribution in [0.1, 0.15) is 32.9 Å². The van der Waals surface area contributed by atoms with Gasteiger partial charge in [0.05, 0.1) is 36.1 Å². The number of carbonyl (C=O) groups excluding carboxylic acids is 2. The van der Waals surface area contributed by atoms with Gasteiger partial charge in [-0.2, -0.15) is 0 Å². The van der Waals surface area contributed by atoms with E-state index in [0.29, 0.717) is 41.2 Å². The molecule has 0 saturated carbocycles. The van der Waals surface area contributed by atoms with Crippen LogP contribution >= 0.6 is 0 Å². The Bertz CT molecular complexity index is 1350. The second kappa shape index (κ2) is 10.2. The molecule has 38 heavy (non-hydrogen) atoms. The van der Waals surface area contributed by atoms with Crippen LogP contribution in [0.3, 0.4) is 0 Å². The molecule has 1 amide bonds. The van der Waals surface area contributed by atoms with E-state index < -0.39 is 23.4 Å². The number of anilines is 1.